The van der Waals surface area contributed by atoms with Crippen molar-refractivity contribution in [3.8, 4) is 0 Å². The van der Waals surface area contributed by atoms with E-state index in [9.17, 15) is 4.79 Å². The molecule has 0 radical (unpaired) electrons. The predicted molar refractivity (Wildman–Crippen MR) is 205 cm³/mol. The molecule has 40 heavy (non-hydrogen) atoms. The van der Waals surface area contributed by atoms with Crippen LogP contribution in [-0.2, 0) is 13.6 Å². The van der Waals surface area contributed by atoms with E-state index < -0.39 is 59.3 Å². The van der Waals surface area contributed by atoms with Crippen LogP contribution in [-0.4, -0.2) is 77.3 Å². The summed E-state index contributed by atoms with van der Waals surface area (Å²) in [7, 11) is -9.82. The number of Topliss-reactive ketones (excluding diaryl/α,β-unsaturated/α-hetero) is 1. The van der Waals surface area contributed by atoms with Crippen molar-refractivity contribution in [2.45, 2.75) is 171 Å². The Labute approximate surface area is 259 Å². The normalized spacial score (nSPS) is 18.4. The molecule has 0 saturated carbocycles. The fourth-order valence-corrected chi connectivity index (χ4v) is 198. The molecule has 0 saturated heterocycles. The molecule has 4 atom stereocenters. The number of hydrogen-bond donors (Lipinski definition) is 0. The van der Waals surface area contributed by atoms with E-state index in [0.717, 1.165) is 6.42 Å². The van der Waals surface area contributed by atoms with Gasteiger partial charge in [-0.05, 0) is 12.8 Å². The van der Waals surface area contributed by atoms with Crippen LogP contribution in [0.1, 0.15) is 40.5 Å². The Hall–Kier alpha value is 1.33. The van der Waals surface area contributed by atoms with Gasteiger partial charge in [-0.15, -0.1) is 0 Å². The lowest BCUT2D eigenvalue weighted by atomic mass is 9.86. The lowest BCUT2D eigenvalue weighted by Crippen LogP contribution is -2.86. The van der Waals surface area contributed by atoms with Crippen LogP contribution in [0.4, 0.5) is 0 Å². The quantitative estimate of drug-likeness (QED) is 0.151. The van der Waals surface area contributed by atoms with Crippen LogP contribution in [0.25, 0.3) is 0 Å². The van der Waals surface area contributed by atoms with E-state index in [1.165, 1.54) is 0 Å². The van der Waals surface area contributed by atoms with Crippen LogP contribution in [0.15, 0.2) is 0 Å². The molecule has 0 aromatic carbocycles. The van der Waals surface area contributed by atoms with E-state index in [4.69, 9.17) is 8.85 Å². The molecule has 11 heteroatoms. The van der Waals surface area contributed by atoms with Crippen molar-refractivity contribution >= 4 is 65.1 Å². The summed E-state index contributed by atoms with van der Waals surface area (Å²) in [5.41, 5.74) is 0. The van der Waals surface area contributed by atoms with Gasteiger partial charge in [0, 0.05) is 12.3 Å². The molecule has 0 amide bonds. The zero-order chi connectivity index (χ0) is 32.7. The fraction of sp³-hybridized carbons (Fsp3) is 0.966. The van der Waals surface area contributed by atoms with Crippen LogP contribution >= 0.6 is 0 Å². The van der Waals surface area contributed by atoms with Crippen molar-refractivity contribution in [2.24, 2.45) is 11.8 Å². The maximum atomic E-state index is 13.0. The highest BCUT2D eigenvalue weighted by atomic mass is 29.9. The van der Waals surface area contributed by atoms with Gasteiger partial charge in [-0.2, -0.15) is 0 Å². The average molecular weight is 696 g/mol. The first-order chi connectivity index (χ1) is 17.3. The molecule has 0 unspecified atom stereocenters. The van der Waals surface area contributed by atoms with E-state index in [1.54, 1.807) is 6.92 Å². The number of carbonyl (C=O) groups is 1. The van der Waals surface area contributed by atoms with Gasteiger partial charge >= 0.3 is 0 Å². The molecule has 0 aromatic heterocycles. The molecule has 0 fully saturated rings. The molecule has 0 N–H and O–H groups in total. The van der Waals surface area contributed by atoms with Gasteiger partial charge in [0.05, 0.1) is 57.8 Å². The number of ketones is 1. The number of carbonyl (C=O) groups excluding carboxylic acids is 1. The number of rotatable bonds is 16. The van der Waals surface area contributed by atoms with E-state index in [2.05, 4.69) is 139 Å². The Bertz CT molecular complexity index is 764. The van der Waals surface area contributed by atoms with Gasteiger partial charge in [-0.3, -0.25) is 4.79 Å². The summed E-state index contributed by atoms with van der Waals surface area (Å²) in [6, 6.07) is 0. The Morgan fingerprint density at radius 2 is 0.825 bits per heavy atom. The first kappa shape index (κ1) is 41.3. The predicted octanol–water partition coefficient (Wildman–Crippen LogP) is 9.81. The van der Waals surface area contributed by atoms with Crippen molar-refractivity contribution < 1.29 is 13.6 Å². The average Bonchev–Trinajstić information content (AvgIpc) is 2.64. The minimum atomic E-state index is -2.11. The van der Waals surface area contributed by atoms with E-state index in [1.807, 2.05) is 0 Å². The van der Waals surface area contributed by atoms with Crippen LogP contribution < -0.4 is 0 Å². The topological polar surface area (TPSA) is 35.5 Å². The lowest BCUT2D eigenvalue weighted by Gasteiger charge is -2.60. The monoisotopic (exact) mass is 694 g/mol. The molecule has 0 heterocycles. The highest BCUT2D eigenvalue weighted by Crippen LogP contribution is 2.44. The third-order valence-electron chi connectivity index (χ3n) is 9.78. The molecule has 0 rings (SSSR count). The summed E-state index contributed by atoms with van der Waals surface area (Å²) in [6.45, 7) is 51.7. The molecule has 240 valence electrons. The van der Waals surface area contributed by atoms with Gasteiger partial charge in [-0.25, -0.2) is 0 Å². The molecule has 0 aliphatic carbocycles. The largest absolute Gasteiger partial charge is 0.422 e. The summed E-state index contributed by atoms with van der Waals surface area (Å²) >= 11 is 0. The van der Waals surface area contributed by atoms with Gasteiger partial charge in [0.1, 0.15) is 5.78 Å². The third-order valence-corrected chi connectivity index (χ3v) is 145. The Balaban J connectivity index is 7.48. The molecule has 3 nitrogen and oxygen atoms in total. The molecular formula is C29H74O3Si8. The highest BCUT2D eigenvalue weighted by molar-refractivity contribution is 7.88. The Kier molecular flexibility index (Phi) is 13.8. The van der Waals surface area contributed by atoms with Crippen molar-refractivity contribution in [3.63, 3.8) is 0 Å². The Morgan fingerprint density at radius 1 is 0.550 bits per heavy atom. The second-order valence-corrected chi connectivity index (χ2v) is 98.1. The van der Waals surface area contributed by atoms with Gasteiger partial charge in [0.15, 0.2) is 13.7 Å². The SMILES string of the molecule is CC[C@H](C)[C@@H](O[Si]([Si](C)(C)C)([Si](C)(C)C)[Si](C)(C)C)[C@H](C)[C@H](CC(C)=O)O[Si]([Si](C)(C)C)([Si](C)(C)C)[Si](C)(C)C. The van der Waals surface area contributed by atoms with Crippen molar-refractivity contribution in [2.75, 3.05) is 0 Å². The minimum absolute atomic E-state index is 0.0371. The molecular weight excluding hydrogens is 621 g/mol. The van der Waals surface area contributed by atoms with E-state index >= 15 is 0 Å². The Morgan fingerprint density at radius 3 is 1.05 bits per heavy atom. The molecule has 0 bridgehead atoms. The first-order valence-electron chi connectivity index (χ1n) is 16.1. The molecule has 0 aliphatic heterocycles. The van der Waals surface area contributed by atoms with Crippen molar-refractivity contribution in [3.05, 3.63) is 0 Å². The summed E-state index contributed by atoms with van der Waals surface area (Å²) in [6.07, 6.45) is 1.76. The molecule has 0 aromatic rings. The van der Waals surface area contributed by atoms with Crippen molar-refractivity contribution in [1.82, 2.24) is 0 Å². The third kappa shape index (κ3) is 8.32. The van der Waals surface area contributed by atoms with Gasteiger partial charge in [0.2, 0.25) is 0 Å². The van der Waals surface area contributed by atoms with Crippen LogP contribution in [0, 0.1) is 11.8 Å². The van der Waals surface area contributed by atoms with E-state index in [0.29, 0.717) is 12.3 Å². The van der Waals surface area contributed by atoms with Gasteiger partial charge in [0.25, 0.3) is 0 Å². The smallest absolute Gasteiger partial charge is 0.158 e. The first-order valence-corrected chi connectivity index (χ1v) is 46.9. The highest BCUT2D eigenvalue weighted by Gasteiger charge is 2.67. The summed E-state index contributed by atoms with van der Waals surface area (Å²) in [4.78, 5) is 13.0. The molecule has 0 aliphatic rings. The van der Waals surface area contributed by atoms with Crippen molar-refractivity contribution in [1.29, 1.82) is 0 Å². The van der Waals surface area contributed by atoms with Gasteiger partial charge in [-0.1, -0.05) is 145 Å². The van der Waals surface area contributed by atoms with Crippen LogP contribution in [0.2, 0.25) is 118 Å². The maximum absolute atomic E-state index is 13.0. The summed E-state index contributed by atoms with van der Waals surface area (Å²) in [5.74, 6) is 0.935. The lowest BCUT2D eigenvalue weighted by molar-refractivity contribution is -0.119. The maximum Gasteiger partial charge on any atom is 0.158 e. The molecule has 0 spiro atoms. The second kappa shape index (κ2) is 13.4. The standard InChI is InChI=1S/C29H74O3Si8/c1-23-25(2)29(32-40(36(14,15)16,37(17,18)19)38(20,21)22)27(4)28(24-26(3)30)31-39(33(5,6)7,34(8,9)10)35(11,12)13/h25,27-29H,23-24H2,1-22H3/t25-,27+,28-,29+/m0/s1. The minimum Gasteiger partial charge on any atom is -0.422 e. The van der Waals surface area contributed by atoms with Crippen LogP contribution in [0.5, 0.6) is 0 Å². The zero-order valence-corrected chi connectivity index (χ0v) is 39.4. The fourth-order valence-electron chi connectivity index (χ4n) is 10.0. The van der Waals surface area contributed by atoms with E-state index in [-0.39, 0.29) is 23.9 Å². The zero-order valence-electron chi connectivity index (χ0n) is 31.4. The second-order valence-electron chi connectivity index (χ2n) is 19.3. The summed E-state index contributed by atoms with van der Waals surface area (Å²) in [5, 5.41) is 0. The van der Waals surface area contributed by atoms with Gasteiger partial charge < -0.3 is 8.85 Å². The van der Waals surface area contributed by atoms with Crippen LogP contribution in [0.3, 0.4) is 0 Å². The summed E-state index contributed by atoms with van der Waals surface area (Å²) < 4.78 is 16.0. The number of hydrogen-bond acceptors (Lipinski definition) is 3.